The molecule has 0 radical (unpaired) electrons. The lowest BCUT2D eigenvalue weighted by Crippen LogP contribution is -2.49. The summed E-state index contributed by atoms with van der Waals surface area (Å²) in [7, 11) is 0. The number of aromatic nitrogens is 3. The molecule has 25 heavy (non-hydrogen) atoms. The van der Waals surface area contributed by atoms with Gasteiger partial charge in [0.05, 0.1) is 13.1 Å². The van der Waals surface area contributed by atoms with E-state index in [0.29, 0.717) is 12.6 Å². The lowest BCUT2D eigenvalue weighted by molar-refractivity contribution is -0.121. The van der Waals surface area contributed by atoms with E-state index >= 15 is 0 Å². The van der Waals surface area contributed by atoms with Gasteiger partial charge in [0.2, 0.25) is 5.91 Å². The van der Waals surface area contributed by atoms with Crippen LogP contribution in [0.1, 0.15) is 31.7 Å². The second-order valence-corrected chi connectivity index (χ2v) is 7.18. The van der Waals surface area contributed by atoms with Gasteiger partial charge in [-0.3, -0.25) is 14.4 Å². The number of piperidine rings is 1. The topological polar surface area (TPSA) is 54.3 Å². The number of amides is 1. The van der Waals surface area contributed by atoms with Gasteiger partial charge in [-0.15, -0.1) is 0 Å². The summed E-state index contributed by atoms with van der Waals surface area (Å²) in [5.74, 6) is 0.211. The van der Waals surface area contributed by atoms with Crippen LogP contribution in [0.15, 0.2) is 36.9 Å². The molecule has 1 amide bonds. The van der Waals surface area contributed by atoms with Gasteiger partial charge in [-0.25, -0.2) is 4.98 Å². The van der Waals surface area contributed by atoms with E-state index in [4.69, 9.17) is 0 Å². The number of fused-ring (bicyclic) bond motifs is 1. The molecule has 4 rings (SSSR count). The Hall–Kier alpha value is -2.21. The first-order valence-electron chi connectivity index (χ1n) is 9.19. The van der Waals surface area contributed by atoms with Gasteiger partial charge in [0.1, 0.15) is 12.7 Å². The molecule has 1 aromatic carbocycles. The van der Waals surface area contributed by atoms with Crippen molar-refractivity contribution in [1.29, 1.82) is 0 Å². The molecular weight excluding hydrogens is 314 g/mol. The molecule has 132 valence electrons. The number of anilines is 1. The fourth-order valence-corrected chi connectivity index (χ4v) is 4.21. The SMILES string of the molecule is C[C@@H]1Cc2ccccc2N1C(=O)CN1CCCC[C@@H]1Cn1cncn1. The van der Waals surface area contributed by atoms with E-state index in [1.807, 2.05) is 15.6 Å². The first kappa shape index (κ1) is 16.3. The van der Waals surface area contributed by atoms with Gasteiger partial charge in [0.15, 0.2) is 0 Å². The maximum absolute atomic E-state index is 13.1. The van der Waals surface area contributed by atoms with Crippen LogP contribution in [-0.2, 0) is 17.8 Å². The van der Waals surface area contributed by atoms with E-state index in [1.165, 1.54) is 12.0 Å². The number of carbonyl (C=O) groups is 1. The number of para-hydroxylation sites is 1. The smallest absolute Gasteiger partial charge is 0.241 e. The zero-order chi connectivity index (χ0) is 17.2. The molecule has 0 spiro atoms. The standard InChI is InChI=1S/C19H25N5O/c1-15-10-16-6-2-3-8-18(16)24(15)19(25)12-22-9-5-4-7-17(22)11-23-14-20-13-21-23/h2-3,6,8,13-15,17H,4-5,7,9-12H2,1H3/t15-,17-/m1/s1. The maximum atomic E-state index is 13.1. The summed E-state index contributed by atoms with van der Waals surface area (Å²) >= 11 is 0. The normalized spacial score (nSPS) is 23.6. The molecule has 2 aliphatic rings. The fraction of sp³-hybridized carbons (Fsp3) is 0.526. The van der Waals surface area contributed by atoms with Crippen molar-refractivity contribution in [3.05, 3.63) is 42.5 Å². The molecule has 2 aliphatic heterocycles. The third kappa shape index (κ3) is 3.31. The summed E-state index contributed by atoms with van der Waals surface area (Å²) < 4.78 is 1.88. The molecule has 1 fully saturated rings. The highest BCUT2D eigenvalue weighted by Gasteiger charge is 2.33. The van der Waals surface area contributed by atoms with Crippen LogP contribution in [0.3, 0.4) is 0 Å². The van der Waals surface area contributed by atoms with Gasteiger partial charge in [0, 0.05) is 17.8 Å². The Bertz CT molecular complexity index is 729. The van der Waals surface area contributed by atoms with Crippen molar-refractivity contribution in [1.82, 2.24) is 19.7 Å². The van der Waals surface area contributed by atoms with Crippen molar-refractivity contribution in [3.63, 3.8) is 0 Å². The van der Waals surface area contributed by atoms with Crippen LogP contribution in [0, 0.1) is 0 Å². The van der Waals surface area contributed by atoms with E-state index in [9.17, 15) is 4.79 Å². The fourth-order valence-electron chi connectivity index (χ4n) is 4.21. The minimum Gasteiger partial charge on any atom is -0.308 e. The van der Waals surface area contributed by atoms with Crippen LogP contribution in [0.2, 0.25) is 0 Å². The minimum absolute atomic E-state index is 0.211. The van der Waals surface area contributed by atoms with Crippen LogP contribution < -0.4 is 4.90 Å². The number of hydrogen-bond acceptors (Lipinski definition) is 4. The van der Waals surface area contributed by atoms with Gasteiger partial charge >= 0.3 is 0 Å². The average Bonchev–Trinajstić information content (AvgIpc) is 3.23. The summed E-state index contributed by atoms with van der Waals surface area (Å²) in [6.07, 6.45) is 7.76. The van der Waals surface area contributed by atoms with Gasteiger partial charge in [-0.2, -0.15) is 5.10 Å². The summed E-state index contributed by atoms with van der Waals surface area (Å²) in [4.78, 5) is 21.4. The predicted octanol–water partition coefficient (Wildman–Crippen LogP) is 2.11. The lowest BCUT2D eigenvalue weighted by atomic mass is 10.0. The molecule has 3 heterocycles. The van der Waals surface area contributed by atoms with Crippen LogP contribution in [-0.4, -0.2) is 50.7 Å². The molecule has 6 heteroatoms. The second kappa shape index (κ2) is 6.96. The summed E-state index contributed by atoms with van der Waals surface area (Å²) in [6.45, 7) is 4.41. The Labute approximate surface area is 148 Å². The second-order valence-electron chi connectivity index (χ2n) is 7.18. The highest BCUT2D eigenvalue weighted by molar-refractivity contribution is 5.97. The van der Waals surface area contributed by atoms with E-state index in [2.05, 4.69) is 40.1 Å². The molecule has 1 aromatic heterocycles. The Morgan fingerprint density at radius 1 is 1.28 bits per heavy atom. The first-order chi connectivity index (χ1) is 12.2. The third-order valence-electron chi connectivity index (χ3n) is 5.43. The van der Waals surface area contributed by atoms with Gasteiger partial charge < -0.3 is 4.90 Å². The van der Waals surface area contributed by atoms with E-state index < -0.39 is 0 Å². The Kier molecular flexibility index (Phi) is 4.53. The number of rotatable bonds is 4. The van der Waals surface area contributed by atoms with Crippen molar-refractivity contribution in [2.24, 2.45) is 0 Å². The molecular formula is C19H25N5O. The first-order valence-corrected chi connectivity index (χ1v) is 9.19. The van der Waals surface area contributed by atoms with Crippen molar-refractivity contribution >= 4 is 11.6 Å². The molecule has 2 aromatic rings. The molecule has 0 N–H and O–H groups in total. The quantitative estimate of drug-likeness (QED) is 0.856. The zero-order valence-electron chi connectivity index (χ0n) is 14.7. The maximum Gasteiger partial charge on any atom is 0.241 e. The summed E-state index contributed by atoms with van der Waals surface area (Å²) in [6, 6.07) is 8.87. The summed E-state index contributed by atoms with van der Waals surface area (Å²) in [5.41, 5.74) is 2.37. The van der Waals surface area contributed by atoms with Crippen LogP contribution in [0.25, 0.3) is 0 Å². The Morgan fingerprint density at radius 2 is 2.16 bits per heavy atom. The number of nitrogens with zero attached hydrogens (tertiary/aromatic N) is 5. The van der Waals surface area contributed by atoms with Crippen molar-refractivity contribution in [2.75, 3.05) is 18.0 Å². The molecule has 0 saturated carbocycles. The average molecular weight is 339 g/mol. The number of likely N-dealkylation sites (tertiary alicyclic amines) is 1. The predicted molar refractivity (Wildman–Crippen MR) is 96.3 cm³/mol. The lowest BCUT2D eigenvalue weighted by Gasteiger charge is -2.36. The van der Waals surface area contributed by atoms with Crippen LogP contribution >= 0.6 is 0 Å². The molecule has 6 nitrogen and oxygen atoms in total. The van der Waals surface area contributed by atoms with Crippen LogP contribution in [0.4, 0.5) is 5.69 Å². The number of benzene rings is 1. The molecule has 0 bridgehead atoms. The molecule has 0 aliphatic carbocycles. The Balaban J connectivity index is 1.47. The molecule has 2 atom stereocenters. The molecule has 1 saturated heterocycles. The van der Waals surface area contributed by atoms with E-state index in [0.717, 1.165) is 38.0 Å². The minimum atomic E-state index is 0.211. The van der Waals surface area contributed by atoms with Gasteiger partial charge in [0.25, 0.3) is 0 Å². The van der Waals surface area contributed by atoms with Crippen molar-refractivity contribution < 1.29 is 4.79 Å². The van der Waals surface area contributed by atoms with Gasteiger partial charge in [-0.1, -0.05) is 24.6 Å². The number of hydrogen-bond donors (Lipinski definition) is 0. The molecule has 0 unspecified atom stereocenters. The summed E-state index contributed by atoms with van der Waals surface area (Å²) in [5, 5.41) is 4.23. The Morgan fingerprint density at radius 3 is 3.00 bits per heavy atom. The highest BCUT2D eigenvalue weighted by atomic mass is 16.2. The highest BCUT2D eigenvalue weighted by Crippen LogP contribution is 2.32. The largest absolute Gasteiger partial charge is 0.308 e. The van der Waals surface area contributed by atoms with E-state index in [1.54, 1.807) is 12.7 Å². The van der Waals surface area contributed by atoms with Crippen molar-refractivity contribution in [2.45, 2.75) is 51.2 Å². The van der Waals surface area contributed by atoms with Crippen molar-refractivity contribution in [3.8, 4) is 0 Å². The van der Waals surface area contributed by atoms with Crippen LogP contribution in [0.5, 0.6) is 0 Å². The van der Waals surface area contributed by atoms with E-state index in [-0.39, 0.29) is 11.9 Å². The number of carbonyl (C=O) groups excluding carboxylic acids is 1. The zero-order valence-corrected chi connectivity index (χ0v) is 14.7. The third-order valence-corrected chi connectivity index (χ3v) is 5.43. The van der Waals surface area contributed by atoms with Gasteiger partial charge in [-0.05, 0) is 44.4 Å². The monoisotopic (exact) mass is 339 g/mol.